The first-order valence-corrected chi connectivity index (χ1v) is 8.43. The van der Waals surface area contributed by atoms with Crippen LogP contribution in [0, 0.1) is 19.8 Å². The number of carbonyl (C=O) groups excluding carboxylic acids is 1. The number of rotatable bonds is 2. The molecule has 2 fully saturated rings. The third-order valence-corrected chi connectivity index (χ3v) is 5.84. The average Bonchev–Trinajstić information content (AvgIpc) is 2.98. The van der Waals surface area contributed by atoms with Crippen molar-refractivity contribution >= 4 is 23.2 Å². The Hall–Kier alpha value is -1.36. The summed E-state index contributed by atoms with van der Waals surface area (Å²) < 4.78 is 0. The summed E-state index contributed by atoms with van der Waals surface area (Å²) in [6.07, 6.45) is 4.88. The Kier molecular flexibility index (Phi) is 3.78. The zero-order valence-corrected chi connectivity index (χ0v) is 13.3. The number of nitrogens with zero attached hydrogens (tertiary/aromatic N) is 1. The first-order valence-electron chi connectivity index (χ1n) is 7.61. The van der Waals surface area contributed by atoms with Gasteiger partial charge < -0.3 is 10.0 Å². The van der Waals surface area contributed by atoms with Crippen LogP contribution in [0.3, 0.4) is 0 Å². The second kappa shape index (κ2) is 5.44. The molecule has 3 atom stereocenters. The van der Waals surface area contributed by atoms with Gasteiger partial charge in [-0.15, -0.1) is 11.3 Å². The quantitative estimate of drug-likeness (QED) is 0.912. The van der Waals surface area contributed by atoms with Crippen LogP contribution in [0.2, 0.25) is 0 Å². The van der Waals surface area contributed by atoms with E-state index in [1.807, 2.05) is 19.9 Å². The molecule has 2 heterocycles. The molecule has 1 aliphatic carbocycles. The van der Waals surface area contributed by atoms with Gasteiger partial charge in [-0.2, -0.15) is 0 Å². The lowest BCUT2D eigenvalue weighted by molar-refractivity contribution is -0.141. The molecular weight excluding hydrogens is 286 g/mol. The average molecular weight is 307 g/mol. The van der Waals surface area contributed by atoms with Gasteiger partial charge in [-0.25, -0.2) is 4.79 Å². The van der Waals surface area contributed by atoms with E-state index in [-0.39, 0.29) is 11.9 Å². The summed E-state index contributed by atoms with van der Waals surface area (Å²) in [5.41, 5.74) is 0.690. The minimum absolute atomic E-state index is 0.0846. The lowest BCUT2D eigenvalue weighted by Crippen LogP contribution is -2.46. The Morgan fingerprint density at radius 3 is 2.62 bits per heavy atom. The van der Waals surface area contributed by atoms with Crippen LogP contribution >= 0.6 is 11.3 Å². The van der Waals surface area contributed by atoms with E-state index in [1.54, 1.807) is 16.2 Å². The summed E-state index contributed by atoms with van der Waals surface area (Å²) in [6, 6.07) is 1.37. The highest BCUT2D eigenvalue weighted by Gasteiger charge is 2.47. The van der Waals surface area contributed by atoms with E-state index in [1.165, 1.54) is 0 Å². The Labute approximate surface area is 128 Å². The summed E-state index contributed by atoms with van der Waals surface area (Å²) in [5.74, 6) is -0.579. The predicted octanol–water partition coefficient (Wildman–Crippen LogP) is 3.22. The number of thiophene rings is 1. The fourth-order valence-corrected chi connectivity index (χ4v) is 4.87. The molecule has 1 amide bonds. The summed E-state index contributed by atoms with van der Waals surface area (Å²) in [5, 5.41) is 9.51. The van der Waals surface area contributed by atoms with Crippen molar-refractivity contribution < 1.29 is 14.7 Å². The standard InChI is InChI=1S/C16H21NO3S/c1-9-7-12(10(2)21-9)15(18)17-13-6-4-3-5-11(13)8-14(17)16(19)20/h7,11,13-14H,3-6,8H2,1-2H3,(H,19,20). The van der Waals surface area contributed by atoms with Crippen molar-refractivity contribution in [3.63, 3.8) is 0 Å². The molecule has 0 spiro atoms. The van der Waals surface area contributed by atoms with E-state index >= 15 is 0 Å². The van der Waals surface area contributed by atoms with Gasteiger partial charge >= 0.3 is 5.97 Å². The lowest BCUT2D eigenvalue weighted by atomic mass is 9.84. The number of carbonyl (C=O) groups is 2. The van der Waals surface area contributed by atoms with Gasteiger partial charge in [0.1, 0.15) is 6.04 Å². The zero-order valence-electron chi connectivity index (χ0n) is 12.5. The molecule has 21 heavy (non-hydrogen) atoms. The van der Waals surface area contributed by atoms with E-state index < -0.39 is 12.0 Å². The van der Waals surface area contributed by atoms with Gasteiger partial charge in [0.2, 0.25) is 0 Å². The Morgan fingerprint density at radius 1 is 1.29 bits per heavy atom. The maximum atomic E-state index is 12.9. The van der Waals surface area contributed by atoms with E-state index in [4.69, 9.17) is 0 Å². The number of carboxylic acids is 1. The monoisotopic (exact) mass is 307 g/mol. The van der Waals surface area contributed by atoms with Gasteiger partial charge in [-0.3, -0.25) is 4.79 Å². The van der Waals surface area contributed by atoms with Crippen molar-refractivity contribution in [1.29, 1.82) is 0 Å². The van der Waals surface area contributed by atoms with E-state index in [2.05, 4.69) is 0 Å². The van der Waals surface area contributed by atoms with Crippen LogP contribution in [0.15, 0.2) is 6.07 Å². The molecule has 5 heteroatoms. The minimum atomic E-state index is -0.859. The molecule has 1 saturated heterocycles. The van der Waals surface area contributed by atoms with Gasteiger partial charge in [0.25, 0.3) is 5.91 Å². The van der Waals surface area contributed by atoms with E-state index in [0.29, 0.717) is 17.9 Å². The minimum Gasteiger partial charge on any atom is -0.480 e. The first kappa shape index (κ1) is 14.6. The summed E-state index contributed by atoms with van der Waals surface area (Å²) in [4.78, 5) is 28.3. The third-order valence-electron chi connectivity index (χ3n) is 4.88. The SMILES string of the molecule is Cc1cc(C(=O)N2C(C(=O)O)CC3CCCCC32)c(C)s1. The summed E-state index contributed by atoms with van der Waals surface area (Å²) in [7, 11) is 0. The van der Waals surface area contributed by atoms with Gasteiger partial charge in [0, 0.05) is 15.8 Å². The molecule has 3 rings (SSSR count). The number of fused-ring (bicyclic) bond motifs is 1. The van der Waals surface area contributed by atoms with Crippen LogP contribution in [0.1, 0.15) is 52.2 Å². The van der Waals surface area contributed by atoms with Crippen LogP contribution < -0.4 is 0 Å². The molecule has 3 unspecified atom stereocenters. The Balaban J connectivity index is 1.94. The fraction of sp³-hybridized carbons (Fsp3) is 0.625. The van der Waals surface area contributed by atoms with Crippen molar-refractivity contribution in [3.8, 4) is 0 Å². The molecule has 0 bridgehead atoms. The van der Waals surface area contributed by atoms with Gasteiger partial charge in [0.15, 0.2) is 0 Å². The van der Waals surface area contributed by atoms with Gasteiger partial charge in [-0.05, 0) is 45.1 Å². The van der Waals surface area contributed by atoms with Crippen LogP contribution in [0.5, 0.6) is 0 Å². The number of carboxylic acid groups (broad SMARTS) is 1. The zero-order chi connectivity index (χ0) is 15.1. The predicted molar refractivity (Wildman–Crippen MR) is 81.7 cm³/mol. The third kappa shape index (κ3) is 2.48. The van der Waals surface area contributed by atoms with Crippen LogP contribution in [0.4, 0.5) is 0 Å². The molecule has 114 valence electrons. The topological polar surface area (TPSA) is 57.6 Å². The highest BCUT2D eigenvalue weighted by atomic mass is 32.1. The number of amides is 1. The van der Waals surface area contributed by atoms with Crippen LogP contribution in [-0.4, -0.2) is 34.0 Å². The molecule has 1 aromatic rings. The Morgan fingerprint density at radius 2 is 2.00 bits per heavy atom. The van der Waals surface area contributed by atoms with E-state index in [0.717, 1.165) is 35.4 Å². The molecular formula is C16H21NO3S. The molecule has 0 aromatic carbocycles. The number of aryl methyl sites for hydroxylation is 2. The molecule has 0 radical (unpaired) electrons. The van der Waals surface area contributed by atoms with Crippen LogP contribution in [-0.2, 0) is 4.79 Å². The van der Waals surface area contributed by atoms with Crippen molar-refractivity contribution in [3.05, 3.63) is 21.4 Å². The normalized spacial score (nSPS) is 28.5. The first-order chi connectivity index (χ1) is 9.99. The van der Waals surface area contributed by atoms with Crippen molar-refractivity contribution in [2.24, 2.45) is 5.92 Å². The van der Waals surface area contributed by atoms with Crippen molar-refractivity contribution in [1.82, 2.24) is 4.90 Å². The Bertz CT molecular complexity index is 580. The molecule has 1 N–H and O–H groups in total. The largest absolute Gasteiger partial charge is 0.480 e. The molecule has 1 saturated carbocycles. The number of hydrogen-bond donors (Lipinski definition) is 1. The molecule has 2 aliphatic rings. The number of likely N-dealkylation sites (tertiary alicyclic amines) is 1. The summed E-state index contributed by atoms with van der Waals surface area (Å²) in [6.45, 7) is 3.92. The second-order valence-corrected chi connectivity index (χ2v) is 7.70. The summed E-state index contributed by atoms with van der Waals surface area (Å²) >= 11 is 1.60. The number of hydrogen-bond acceptors (Lipinski definition) is 3. The molecule has 4 nitrogen and oxygen atoms in total. The smallest absolute Gasteiger partial charge is 0.326 e. The van der Waals surface area contributed by atoms with Crippen molar-refractivity contribution in [2.75, 3.05) is 0 Å². The second-order valence-electron chi connectivity index (χ2n) is 6.24. The van der Waals surface area contributed by atoms with Gasteiger partial charge in [-0.1, -0.05) is 12.8 Å². The maximum absolute atomic E-state index is 12.9. The van der Waals surface area contributed by atoms with Crippen LogP contribution in [0.25, 0.3) is 0 Å². The maximum Gasteiger partial charge on any atom is 0.326 e. The van der Waals surface area contributed by atoms with E-state index in [9.17, 15) is 14.7 Å². The lowest BCUT2D eigenvalue weighted by Gasteiger charge is -2.33. The van der Waals surface area contributed by atoms with Gasteiger partial charge in [0.05, 0.1) is 5.56 Å². The fourth-order valence-electron chi connectivity index (χ4n) is 3.95. The van der Waals surface area contributed by atoms with Crippen molar-refractivity contribution in [2.45, 2.75) is 58.0 Å². The number of aliphatic carboxylic acids is 1. The molecule has 1 aliphatic heterocycles. The highest BCUT2D eigenvalue weighted by Crippen LogP contribution is 2.41. The highest BCUT2D eigenvalue weighted by molar-refractivity contribution is 7.12. The molecule has 1 aromatic heterocycles.